The Morgan fingerprint density at radius 3 is 1.77 bits per heavy atom. The minimum absolute atomic E-state index is 0.336. The third kappa shape index (κ3) is 2.38. The van der Waals surface area contributed by atoms with E-state index in [1.807, 2.05) is 24.5 Å². The number of nitrogens with zero attached hydrogens (tertiary/aromatic N) is 2. The fourth-order valence-electron chi connectivity index (χ4n) is 0.951. The fourth-order valence-corrected chi connectivity index (χ4v) is 2.61. The van der Waals surface area contributed by atoms with Gasteiger partial charge in [0.1, 0.15) is 0 Å². The second-order valence-corrected chi connectivity index (χ2v) is 4.89. The van der Waals surface area contributed by atoms with Gasteiger partial charge in [0.05, 0.1) is 0 Å². The van der Waals surface area contributed by atoms with Crippen molar-refractivity contribution in [1.29, 1.82) is 0 Å². The molecule has 0 aliphatic heterocycles. The van der Waals surface area contributed by atoms with Crippen molar-refractivity contribution in [2.45, 2.75) is 0 Å². The summed E-state index contributed by atoms with van der Waals surface area (Å²) < 4.78 is 2.56. The molecule has 0 amide bonds. The third-order valence-electron chi connectivity index (χ3n) is 1.50. The molecule has 13 heavy (non-hydrogen) atoms. The first-order valence-corrected chi connectivity index (χ1v) is 5.64. The summed E-state index contributed by atoms with van der Waals surface area (Å²) in [4.78, 5) is 8.15. The molecule has 0 aromatic carbocycles. The van der Waals surface area contributed by atoms with Crippen molar-refractivity contribution in [3.05, 3.63) is 49.1 Å². The van der Waals surface area contributed by atoms with E-state index in [1.165, 1.54) is 8.92 Å². The maximum atomic E-state index is 4.08. The summed E-state index contributed by atoms with van der Waals surface area (Å²) in [5.41, 5.74) is 0. The van der Waals surface area contributed by atoms with Gasteiger partial charge in [0.2, 0.25) is 0 Å². The number of hydrogen-bond donors (Lipinski definition) is 0. The van der Waals surface area contributed by atoms with E-state index in [2.05, 4.69) is 22.1 Å². The van der Waals surface area contributed by atoms with E-state index in [0.717, 1.165) is 0 Å². The van der Waals surface area contributed by atoms with Gasteiger partial charge < -0.3 is 0 Å². The number of rotatable bonds is 2. The van der Waals surface area contributed by atoms with Crippen LogP contribution in [0.25, 0.3) is 0 Å². The number of aromatic nitrogens is 2. The van der Waals surface area contributed by atoms with Gasteiger partial charge in [-0.15, -0.1) is 0 Å². The molecular formula is C10H8N2Se. The molecule has 3 heteroatoms. The van der Waals surface area contributed by atoms with Crippen LogP contribution in [0.1, 0.15) is 0 Å². The molecule has 2 aromatic rings. The summed E-state index contributed by atoms with van der Waals surface area (Å²) in [6.45, 7) is 0. The van der Waals surface area contributed by atoms with E-state index in [1.54, 1.807) is 12.4 Å². The monoisotopic (exact) mass is 236 g/mol. The standard InChI is InChI=1S/C10H8N2Se/c1-3-9(7-11-5-1)13-10-4-2-6-12-8-10/h1-8H. The molecule has 0 bridgehead atoms. The van der Waals surface area contributed by atoms with Gasteiger partial charge in [-0.25, -0.2) is 0 Å². The molecule has 2 rings (SSSR count). The van der Waals surface area contributed by atoms with Crippen LogP contribution in [0.4, 0.5) is 0 Å². The summed E-state index contributed by atoms with van der Waals surface area (Å²) in [5, 5.41) is 0. The predicted octanol–water partition coefficient (Wildman–Crippen LogP) is 0.132. The van der Waals surface area contributed by atoms with Gasteiger partial charge in [-0.3, -0.25) is 0 Å². The van der Waals surface area contributed by atoms with Gasteiger partial charge in [-0.05, 0) is 0 Å². The van der Waals surface area contributed by atoms with Crippen molar-refractivity contribution >= 4 is 23.9 Å². The van der Waals surface area contributed by atoms with E-state index in [0.29, 0.717) is 15.0 Å². The molecule has 0 spiro atoms. The molecule has 0 saturated carbocycles. The van der Waals surface area contributed by atoms with Gasteiger partial charge in [0.25, 0.3) is 0 Å². The Kier molecular flexibility index (Phi) is 2.70. The van der Waals surface area contributed by atoms with Gasteiger partial charge in [0.15, 0.2) is 0 Å². The Bertz CT molecular complexity index is 324. The van der Waals surface area contributed by atoms with Crippen molar-refractivity contribution in [2.24, 2.45) is 0 Å². The van der Waals surface area contributed by atoms with Gasteiger partial charge in [0, 0.05) is 0 Å². The zero-order valence-electron chi connectivity index (χ0n) is 6.92. The molecule has 0 atom stereocenters. The van der Waals surface area contributed by atoms with Gasteiger partial charge in [-0.1, -0.05) is 0 Å². The zero-order valence-corrected chi connectivity index (χ0v) is 8.63. The fraction of sp³-hybridized carbons (Fsp3) is 0. The van der Waals surface area contributed by atoms with E-state index in [9.17, 15) is 0 Å². The topological polar surface area (TPSA) is 25.8 Å². The van der Waals surface area contributed by atoms with Crippen LogP contribution in [0.15, 0.2) is 49.1 Å². The van der Waals surface area contributed by atoms with E-state index in [4.69, 9.17) is 0 Å². The zero-order chi connectivity index (χ0) is 8.93. The first-order valence-electron chi connectivity index (χ1n) is 3.93. The molecule has 2 nitrogen and oxygen atoms in total. The minimum atomic E-state index is 0.336. The Hall–Kier alpha value is -1.18. The average molecular weight is 235 g/mol. The van der Waals surface area contributed by atoms with Crippen molar-refractivity contribution in [3.8, 4) is 0 Å². The van der Waals surface area contributed by atoms with Crippen LogP contribution >= 0.6 is 0 Å². The van der Waals surface area contributed by atoms with E-state index >= 15 is 0 Å². The van der Waals surface area contributed by atoms with Crippen LogP contribution < -0.4 is 8.92 Å². The first kappa shape index (κ1) is 8.42. The summed E-state index contributed by atoms with van der Waals surface area (Å²) in [6, 6.07) is 8.13. The van der Waals surface area contributed by atoms with Crippen LogP contribution in [0, 0.1) is 0 Å². The Morgan fingerprint density at radius 2 is 1.38 bits per heavy atom. The molecular weight excluding hydrogens is 227 g/mol. The van der Waals surface area contributed by atoms with Gasteiger partial charge >= 0.3 is 82.9 Å². The van der Waals surface area contributed by atoms with Crippen molar-refractivity contribution < 1.29 is 0 Å². The van der Waals surface area contributed by atoms with Crippen LogP contribution in [-0.4, -0.2) is 24.9 Å². The molecule has 0 N–H and O–H groups in total. The molecule has 2 aromatic heterocycles. The molecule has 0 radical (unpaired) electrons. The van der Waals surface area contributed by atoms with E-state index in [-0.39, 0.29) is 0 Å². The molecule has 2 heterocycles. The number of pyridine rings is 2. The third-order valence-corrected chi connectivity index (χ3v) is 3.51. The predicted molar refractivity (Wildman–Crippen MR) is 53.5 cm³/mol. The van der Waals surface area contributed by atoms with Crippen LogP contribution in [-0.2, 0) is 0 Å². The van der Waals surface area contributed by atoms with E-state index < -0.39 is 0 Å². The van der Waals surface area contributed by atoms with Crippen LogP contribution in [0.2, 0.25) is 0 Å². The molecule has 0 aliphatic carbocycles. The maximum absolute atomic E-state index is 4.08. The second-order valence-electron chi connectivity index (χ2n) is 2.48. The molecule has 0 saturated heterocycles. The van der Waals surface area contributed by atoms with Crippen molar-refractivity contribution in [2.75, 3.05) is 0 Å². The summed E-state index contributed by atoms with van der Waals surface area (Å²) in [5.74, 6) is 0. The van der Waals surface area contributed by atoms with Crippen molar-refractivity contribution in [3.63, 3.8) is 0 Å². The molecule has 64 valence electrons. The van der Waals surface area contributed by atoms with Crippen molar-refractivity contribution in [1.82, 2.24) is 9.97 Å². The Balaban J connectivity index is 2.16. The normalized spacial score (nSPS) is 9.85. The average Bonchev–Trinajstić information content (AvgIpc) is 2.21. The molecule has 0 fully saturated rings. The second kappa shape index (κ2) is 4.17. The van der Waals surface area contributed by atoms with Crippen LogP contribution in [0.5, 0.6) is 0 Å². The number of hydrogen-bond acceptors (Lipinski definition) is 2. The van der Waals surface area contributed by atoms with Crippen LogP contribution in [0.3, 0.4) is 0 Å². The summed E-state index contributed by atoms with van der Waals surface area (Å²) in [7, 11) is 0. The molecule has 0 unspecified atom stereocenters. The first-order chi connectivity index (χ1) is 6.45. The molecule has 0 aliphatic rings. The van der Waals surface area contributed by atoms with Gasteiger partial charge in [-0.2, -0.15) is 0 Å². The summed E-state index contributed by atoms with van der Waals surface area (Å²) >= 11 is 0.336. The summed E-state index contributed by atoms with van der Waals surface area (Å²) in [6.07, 6.45) is 7.41. The Labute approximate surface area is 83.2 Å². The quantitative estimate of drug-likeness (QED) is 0.691. The Morgan fingerprint density at radius 1 is 0.846 bits per heavy atom. The SMILES string of the molecule is c1cncc([Se]c2cccnc2)c1.